The minimum atomic E-state index is -0.498. The van der Waals surface area contributed by atoms with Crippen molar-refractivity contribution in [3.8, 4) is 0 Å². The summed E-state index contributed by atoms with van der Waals surface area (Å²) in [5.74, 6) is -0.428. The SMILES string of the molecule is COC(=O)/C(C)=C/OC(=O)/C(C)=C/C1CCCCC1. The Bertz CT molecular complexity index is 387. The summed E-state index contributed by atoms with van der Waals surface area (Å²) in [4.78, 5) is 22.9. The molecule has 0 unspecified atom stereocenters. The third-order valence-electron chi connectivity index (χ3n) is 3.31. The molecule has 19 heavy (non-hydrogen) atoms. The topological polar surface area (TPSA) is 52.6 Å². The second-order valence-corrected chi connectivity index (χ2v) is 4.95. The molecular formula is C15H22O4. The average molecular weight is 266 g/mol. The molecule has 0 N–H and O–H groups in total. The van der Waals surface area contributed by atoms with Crippen molar-refractivity contribution >= 4 is 11.9 Å². The van der Waals surface area contributed by atoms with Crippen LogP contribution in [-0.2, 0) is 19.1 Å². The molecule has 1 aliphatic carbocycles. The molecule has 0 spiro atoms. The van der Waals surface area contributed by atoms with Crippen molar-refractivity contribution < 1.29 is 19.1 Å². The maximum atomic E-state index is 11.7. The Balaban J connectivity index is 2.52. The van der Waals surface area contributed by atoms with Gasteiger partial charge in [-0.15, -0.1) is 0 Å². The molecule has 0 saturated heterocycles. The molecule has 1 aliphatic rings. The molecule has 1 rings (SSSR count). The lowest BCUT2D eigenvalue weighted by Gasteiger charge is -2.18. The lowest BCUT2D eigenvalue weighted by atomic mass is 9.88. The van der Waals surface area contributed by atoms with Crippen molar-refractivity contribution in [3.05, 3.63) is 23.5 Å². The van der Waals surface area contributed by atoms with E-state index in [-0.39, 0.29) is 5.57 Å². The first-order valence-electron chi connectivity index (χ1n) is 6.69. The van der Waals surface area contributed by atoms with Crippen LogP contribution in [0.25, 0.3) is 0 Å². The van der Waals surface area contributed by atoms with Gasteiger partial charge in [0.05, 0.1) is 12.7 Å². The van der Waals surface area contributed by atoms with E-state index in [9.17, 15) is 9.59 Å². The van der Waals surface area contributed by atoms with Crippen LogP contribution in [0.1, 0.15) is 46.0 Å². The Kier molecular flexibility index (Phi) is 6.33. The first-order chi connectivity index (χ1) is 9.04. The van der Waals surface area contributed by atoms with Crippen molar-refractivity contribution in [1.82, 2.24) is 0 Å². The average Bonchev–Trinajstić information content (AvgIpc) is 2.44. The van der Waals surface area contributed by atoms with Gasteiger partial charge in [0, 0.05) is 5.57 Å². The van der Waals surface area contributed by atoms with E-state index < -0.39 is 11.9 Å². The number of hydrogen-bond acceptors (Lipinski definition) is 4. The first kappa shape index (κ1) is 15.5. The van der Waals surface area contributed by atoms with Crippen molar-refractivity contribution in [2.75, 3.05) is 7.11 Å². The predicted molar refractivity (Wildman–Crippen MR) is 72.2 cm³/mol. The van der Waals surface area contributed by atoms with E-state index in [0.29, 0.717) is 11.5 Å². The highest BCUT2D eigenvalue weighted by Gasteiger charge is 2.14. The lowest BCUT2D eigenvalue weighted by molar-refractivity contribution is -0.136. The molecule has 0 aliphatic heterocycles. The van der Waals surface area contributed by atoms with Gasteiger partial charge in [-0.05, 0) is 32.6 Å². The summed E-state index contributed by atoms with van der Waals surface area (Å²) in [7, 11) is 1.29. The van der Waals surface area contributed by atoms with Crippen LogP contribution in [0.2, 0.25) is 0 Å². The van der Waals surface area contributed by atoms with Gasteiger partial charge in [-0.25, -0.2) is 9.59 Å². The molecule has 4 heteroatoms. The molecule has 0 heterocycles. The fourth-order valence-corrected chi connectivity index (χ4v) is 2.17. The fourth-order valence-electron chi connectivity index (χ4n) is 2.17. The summed E-state index contributed by atoms with van der Waals surface area (Å²) in [6.45, 7) is 3.29. The zero-order chi connectivity index (χ0) is 14.3. The third-order valence-corrected chi connectivity index (χ3v) is 3.31. The second kappa shape index (κ2) is 7.77. The van der Waals surface area contributed by atoms with Crippen LogP contribution in [0.15, 0.2) is 23.5 Å². The van der Waals surface area contributed by atoms with Crippen LogP contribution in [0.4, 0.5) is 0 Å². The Morgan fingerprint density at radius 2 is 1.63 bits per heavy atom. The number of hydrogen-bond donors (Lipinski definition) is 0. The molecule has 1 fully saturated rings. The van der Waals surface area contributed by atoms with Crippen LogP contribution >= 0.6 is 0 Å². The molecule has 0 aromatic carbocycles. The molecule has 0 amide bonds. The van der Waals surface area contributed by atoms with Gasteiger partial charge in [0.25, 0.3) is 0 Å². The maximum absolute atomic E-state index is 11.7. The van der Waals surface area contributed by atoms with Crippen LogP contribution in [0.3, 0.4) is 0 Å². The highest BCUT2D eigenvalue weighted by atomic mass is 16.5. The quantitative estimate of drug-likeness (QED) is 0.445. The first-order valence-corrected chi connectivity index (χ1v) is 6.69. The van der Waals surface area contributed by atoms with E-state index in [1.165, 1.54) is 26.4 Å². The van der Waals surface area contributed by atoms with Gasteiger partial charge in [-0.1, -0.05) is 25.3 Å². The van der Waals surface area contributed by atoms with Gasteiger partial charge in [0.15, 0.2) is 0 Å². The van der Waals surface area contributed by atoms with Crippen molar-refractivity contribution in [2.45, 2.75) is 46.0 Å². The van der Waals surface area contributed by atoms with E-state index in [1.807, 2.05) is 6.08 Å². The van der Waals surface area contributed by atoms with Crippen LogP contribution < -0.4 is 0 Å². The summed E-state index contributed by atoms with van der Waals surface area (Å²) in [5, 5.41) is 0. The number of methoxy groups -OCH3 is 1. The van der Waals surface area contributed by atoms with Crippen molar-refractivity contribution in [3.63, 3.8) is 0 Å². The van der Waals surface area contributed by atoms with E-state index in [1.54, 1.807) is 13.8 Å². The predicted octanol–water partition coefficient (Wildman–Crippen LogP) is 3.13. The van der Waals surface area contributed by atoms with Gasteiger partial charge < -0.3 is 9.47 Å². The Morgan fingerprint density at radius 1 is 1.00 bits per heavy atom. The van der Waals surface area contributed by atoms with Crippen molar-refractivity contribution in [2.24, 2.45) is 5.92 Å². The normalized spacial score (nSPS) is 18.1. The minimum Gasteiger partial charge on any atom is -0.466 e. The third kappa shape index (κ3) is 5.28. The zero-order valence-corrected chi connectivity index (χ0v) is 11.9. The Morgan fingerprint density at radius 3 is 2.21 bits per heavy atom. The summed E-state index contributed by atoms with van der Waals surface area (Å²) in [6.07, 6.45) is 9.16. The number of esters is 2. The van der Waals surface area contributed by atoms with Gasteiger partial charge in [-0.2, -0.15) is 0 Å². The number of ether oxygens (including phenoxy) is 2. The molecule has 1 saturated carbocycles. The van der Waals surface area contributed by atoms with E-state index >= 15 is 0 Å². The molecule has 0 aromatic heterocycles. The monoisotopic (exact) mass is 266 g/mol. The maximum Gasteiger partial charge on any atom is 0.338 e. The lowest BCUT2D eigenvalue weighted by Crippen LogP contribution is -2.09. The molecule has 106 valence electrons. The van der Waals surface area contributed by atoms with Gasteiger partial charge in [-0.3, -0.25) is 0 Å². The van der Waals surface area contributed by atoms with Gasteiger partial charge in [0.1, 0.15) is 6.26 Å². The molecule has 0 radical (unpaired) electrons. The molecule has 4 nitrogen and oxygen atoms in total. The summed E-state index contributed by atoms with van der Waals surface area (Å²) < 4.78 is 9.47. The molecule has 0 atom stereocenters. The second-order valence-electron chi connectivity index (χ2n) is 4.95. The number of rotatable bonds is 4. The summed E-state index contributed by atoms with van der Waals surface area (Å²) in [6, 6.07) is 0. The van der Waals surface area contributed by atoms with Gasteiger partial charge in [0.2, 0.25) is 0 Å². The van der Waals surface area contributed by atoms with Gasteiger partial charge >= 0.3 is 11.9 Å². The van der Waals surface area contributed by atoms with Crippen LogP contribution in [0, 0.1) is 5.92 Å². The van der Waals surface area contributed by atoms with E-state index in [4.69, 9.17) is 4.74 Å². The largest absolute Gasteiger partial charge is 0.466 e. The number of carbonyl (C=O) groups is 2. The fraction of sp³-hybridized carbons (Fsp3) is 0.600. The smallest absolute Gasteiger partial charge is 0.338 e. The highest BCUT2D eigenvalue weighted by Crippen LogP contribution is 2.25. The standard InChI is InChI=1S/C15H22O4/c1-11(9-13-7-5-4-6-8-13)15(17)19-10-12(2)14(16)18-3/h9-10,13H,4-8H2,1-3H3/b11-9+,12-10+. The zero-order valence-electron chi connectivity index (χ0n) is 11.9. The van der Waals surface area contributed by atoms with Crippen molar-refractivity contribution in [1.29, 1.82) is 0 Å². The van der Waals surface area contributed by atoms with Crippen LogP contribution in [0.5, 0.6) is 0 Å². The number of allylic oxidation sites excluding steroid dienone is 1. The van der Waals surface area contributed by atoms with E-state index in [0.717, 1.165) is 19.1 Å². The summed E-state index contributed by atoms with van der Waals surface area (Å²) in [5.41, 5.74) is 0.863. The minimum absolute atomic E-state index is 0.265. The Hall–Kier alpha value is -1.58. The van der Waals surface area contributed by atoms with E-state index in [2.05, 4.69) is 4.74 Å². The van der Waals surface area contributed by atoms with Crippen LogP contribution in [-0.4, -0.2) is 19.0 Å². The highest BCUT2D eigenvalue weighted by molar-refractivity contribution is 5.90. The number of carbonyl (C=O) groups excluding carboxylic acids is 2. The molecule has 0 aromatic rings. The molecular weight excluding hydrogens is 244 g/mol. The Labute approximate surface area is 114 Å². The summed E-state index contributed by atoms with van der Waals surface area (Å²) >= 11 is 0. The molecule has 0 bridgehead atoms.